The number of nitrogens with zero attached hydrogens (tertiary/aromatic N) is 2. The van der Waals surface area contributed by atoms with Crippen LogP contribution in [-0.2, 0) is 0 Å². The van der Waals surface area contributed by atoms with Gasteiger partial charge in [0, 0.05) is 12.3 Å². The minimum atomic E-state index is 0.0752. The summed E-state index contributed by atoms with van der Waals surface area (Å²) >= 11 is 3.27. The third-order valence-corrected chi connectivity index (χ3v) is 4.51. The van der Waals surface area contributed by atoms with Crippen LogP contribution in [-0.4, -0.2) is 34.0 Å². The van der Waals surface area contributed by atoms with Crippen LogP contribution in [0.2, 0.25) is 0 Å². The Bertz CT molecular complexity index is 499. The predicted octanol–water partition coefficient (Wildman–Crippen LogP) is 2.44. The van der Waals surface area contributed by atoms with Gasteiger partial charge >= 0.3 is 0 Å². The lowest BCUT2D eigenvalue weighted by Crippen LogP contribution is -2.27. The second kappa shape index (κ2) is 4.07. The molecule has 1 fully saturated rings. The van der Waals surface area contributed by atoms with E-state index in [9.17, 15) is 4.79 Å². The summed E-state index contributed by atoms with van der Waals surface area (Å²) in [5, 5.41) is 0.615. The number of aromatic nitrogens is 1. The zero-order valence-corrected chi connectivity index (χ0v) is 10.2. The molecule has 1 amide bonds. The molecule has 0 saturated carbocycles. The first-order valence-electron chi connectivity index (χ1n) is 5.07. The molecule has 1 aliphatic rings. The third kappa shape index (κ3) is 1.70. The van der Waals surface area contributed by atoms with Crippen molar-refractivity contribution in [3.05, 3.63) is 29.3 Å². The number of thioether (sulfide) groups is 1. The summed E-state index contributed by atoms with van der Waals surface area (Å²) in [6.07, 6.45) is 0. The van der Waals surface area contributed by atoms with Gasteiger partial charge in [-0.15, -0.1) is 23.1 Å². The minimum absolute atomic E-state index is 0.0752. The number of fused-ring (bicyclic) bond motifs is 1. The van der Waals surface area contributed by atoms with E-state index in [1.165, 1.54) is 11.3 Å². The number of carbonyl (C=O) groups is 1. The van der Waals surface area contributed by atoms with Crippen molar-refractivity contribution in [2.45, 2.75) is 0 Å². The number of thiazole rings is 1. The lowest BCUT2D eigenvalue weighted by atomic mass is 10.3. The van der Waals surface area contributed by atoms with Crippen LogP contribution in [0.3, 0.4) is 0 Å². The van der Waals surface area contributed by atoms with Gasteiger partial charge in [0.15, 0.2) is 5.01 Å². The molecule has 0 spiro atoms. The van der Waals surface area contributed by atoms with Crippen molar-refractivity contribution in [2.24, 2.45) is 0 Å². The number of benzene rings is 1. The van der Waals surface area contributed by atoms with Gasteiger partial charge < -0.3 is 4.90 Å². The van der Waals surface area contributed by atoms with Gasteiger partial charge in [0.2, 0.25) is 0 Å². The van der Waals surface area contributed by atoms with Crippen molar-refractivity contribution in [1.82, 2.24) is 9.88 Å². The summed E-state index contributed by atoms with van der Waals surface area (Å²) in [4.78, 5) is 18.3. The predicted molar refractivity (Wildman–Crippen MR) is 68.0 cm³/mol. The molecule has 3 nitrogen and oxygen atoms in total. The van der Waals surface area contributed by atoms with Gasteiger partial charge in [-0.05, 0) is 12.1 Å². The van der Waals surface area contributed by atoms with E-state index in [4.69, 9.17) is 0 Å². The van der Waals surface area contributed by atoms with Crippen LogP contribution in [0.4, 0.5) is 0 Å². The van der Waals surface area contributed by atoms with Gasteiger partial charge in [-0.2, -0.15) is 0 Å². The maximum Gasteiger partial charge on any atom is 0.283 e. The summed E-state index contributed by atoms with van der Waals surface area (Å²) in [5.74, 6) is 1.91. The highest BCUT2D eigenvalue weighted by atomic mass is 32.2. The third-order valence-electron chi connectivity index (χ3n) is 2.52. The van der Waals surface area contributed by atoms with Gasteiger partial charge in [-0.1, -0.05) is 12.1 Å². The summed E-state index contributed by atoms with van der Waals surface area (Å²) in [5.41, 5.74) is 0.919. The highest BCUT2D eigenvalue weighted by Crippen LogP contribution is 2.24. The molecule has 16 heavy (non-hydrogen) atoms. The van der Waals surface area contributed by atoms with Gasteiger partial charge in [0.25, 0.3) is 5.91 Å². The molecule has 82 valence electrons. The highest BCUT2D eigenvalue weighted by Gasteiger charge is 2.22. The maximum atomic E-state index is 12.1. The number of hydrogen-bond acceptors (Lipinski definition) is 4. The summed E-state index contributed by atoms with van der Waals surface area (Å²) in [7, 11) is 0. The molecule has 1 aromatic carbocycles. The van der Waals surface area contributed by atoms with E-state index in [2.05, 4.69) is 4.98 Å². The molecule has 0 aliphatic carbocycles. The van der Waals surface area contributed by atoms with Gasteiger partial charge in [0.1, 0.15) is 0 Å². The number of para-hydroxylation sites is 1. The highest BCUT2D eigenvalue weighted by molar-refractivity contribution is 7.99. The number of rotatable bonds is 1. The number of amides is 1. The minimum Gasteiger partial charge on any atom is -0.327 e. The van der Waals surface area contributed by atoms with Crippen LogP contribution in [0.5, 0.6) is 0 Å². The van der Waals surface area contributed by atoms with Crippen LogP contribution < -0.4 is 0 Å². The summed E-state index contributed by atoms with van der Waals surface area (Å²) in [6, 6.07) is 7.87. The van der Waals surface area contributed by atoms with Crippen LogP contribution in [0.25, 0.3) is 10.2 Å². The fraction of sp³-hybridized carbons (Fsp3) is 0.273. The molecule has 0 radical (unpaired) electrons. The first kappa shape index (κ1) is 10.1. The molecule has 1 aromatic heterocycles. The molecule has 3 rings (SSSR count). The van der Waals surface area contributed by atoms with Crippen molar-refractivity contribution >= 4 is 39.2 Å². The van der Waals surface area contributed by atoms with Crippen LogP contribution >= 0.6 is 23.1 Å². The Morgan fingerprint density at radius 2 is 2.25 bits per heavy atom. The fourth-order valence-electron chi connectivity index (χ4n) is 1.67. The van der Waals surface area contributed by atoms with E-state index < -0.39 is 0 Å². The smallest absolute Gasteiger partial charge is 0.283 e. The Hall–Kier alpha value is -1.07. The molecule has 2 aromatic rings. The summed E-state index contributed by atoms with van der Waals surface area (Å²) in [6.45, 7) is 0.847. The van der Waals surface area contributed by atoms with Crippen molar-refractivity contribution in [1.29, 1.82) is 0 Å². The van der Waals surface area contributed by atoms with Gasteiger partial charge in [-0.3, -0.25) is 4.79 Å². The molecule has 1 saturated heterocycles. The average molecular weight is 250 g/mol. The molecule has 5 heteroatoms. The fourth-order valence-corrected chi connectivity index (χ4v) is 3.55. The molecule has 0 N–H and O–H groups in total. The van der Waals surface area contributed by atoms with E-state index in [1.54, 1.807) is 11.8 Å². The van der Waals surface area contributed by atoms with Gasteiger partial charge in [0.05, 0.1) is 16.1 Å². The molecule has 1 aliphatic heterocycles. The van der Waals surface area contributed by atoms with Crippen LogP contribution in [0, 0.1) is 0 Å². The Kier molecular flexibility index (Phi) is 2.57. The molecular weight excluding hydrogens is 240 g/mol. The Morgan fingerprint density at radius 1 is 1.38 bits per heavy atom. The van der Waals surface area contributed by atoms with Crippen LogP contribution in [0.1, 0.15) is 9.80 Å². The molecule has 0 atom stereocenters. The normalized spacial score (nSPS) is 15.9. The van der Waals surface area contributed by atoms with Crippen molar-refractivity contribution < 1.29 is 4.79 Å². The monoisotopic (exact) mass is 250 g/mol. The van der Waals surface area contributed by atoms with E-state index in [-0.39, 0.29) is 5.91 Å². The lowest BCUT2D eigenvalue weighted by molar-refractivity contribution is 0.0802. The SMILES string of the molecule is O=C(c1nc2ccccc2s1)N1CCSC1. The Morgan fingerprint density at radius 3 is 3.00 bits per heavy atom. The van der Waals surface area contributed by atoms with E-state index >= 15 is 0 Å². The number of hydrogen-bond donors (Lipinski definition) is 0. The Balaban J connectivity index is 1.96. The second-order valence-electron chi connectivity index (χ2n) is 3.59. The average Bonchev–Trinajstić information content (AvgIpc) is 2.97. The zero-order valence-electron chi connectivity index (χ0n) is 8.55. The first-order valence-corrected chi connectivity index (χ1v) is 7.04. The van der Waals surface area contributed by atoms with Crippen molar-refractivity contribution in [3.8, 4) is 0 Å². The van der Waals surface area contributed by atoms with Crippen LogP contribution in [0.15, 0.2) is 24.3 Å². The van der Waals surface area contributed by atoms with E-state index in [0.717, 1.165) is 28.4 Å². The topological polar surface area (TPSA) is 33.2 Å². The molecule has 2 heterocycles. The van der Waals surface area contributed by atoms with E-state index in [1.807, 2.05) is 29.2 Å². The number of carbonyl (C=O) groups excluding carboxylic acids is 1. The molecule has 0 bridgehead atoms. The zero-order chi connectivity index (χ0) is 11.0. The first-order chi connectivity index (χ1) is 7.84. The summed E-state index contributed by atoms with van der Waals surface area (Å²) < 4.78 is 1.08. The van der Waals surface area contributed by atoms with Gasteiger partial charge in [-0.25, -0.2) is 4.98 Å². The molecule has 0 unspecified atom stereocenters. The second-order valence-corrected chi connectivity index (χ2v) is 5.70. The lowest BCUT2D eigenvalue weighted by Gasteiger charge is -2.11. The Labute approximate surface area is 101 Å². The van der Waals surface area contributed by atoms with Crippen molar-refractivity contribution in [2.75, 3.05) is 18.2 Å². The van der Waals surface area contributed by atoms with E-state index in [0.29, 0.717) is 5.01 Å². The quantitative estimate of drug-likeness (QED) is 0.779. The largest absolute Gasteiger partial charge is 0.327 e. The standard InChI is InChI=1S/C11H10N2OS2/c14-11(13-5-6-15-7-13)10-12-8-3-1-2-4-9(8)16-10/h1-4H,5-7H2. The maximum absolute atomic E-state index is 12.1. The molecular formula is C11H10N2OS2. The van der Waals surface area contributed by atoms with Crippen molar-refractivity contribution in [3.63, 3.8) is 0 Å².